The number of hydrogen-bond acceptors (Lipinski definition) is 1. The van der Waals surface area contributed by atoms with E-state index in [1.807, 2.05) is 6.07 Å². The van der Waals surface area contributed by atoms with Gasteiger partial charge in [0.15, 0.2) is 0 Å². The zero-order chi connectivity index (χ0) is 13.9. The summed E-state index contributed by atoms with van der Waals surface area (Å²) in [6, 6.07) is 16.9. The molecular formula is C17H13BrClN. The number of nitrogens with zero attached hydrogens (tertiary/aromatic N) is 1. The normalized spacial score (nSPS) is 12.5. The van der Waals surface area contributed by atoms with Crippen molar-refractivity contribution in [2.24, 2.45) is 0 Å². The summed E-state index contributed by atoms with van der Waals surface area (Å²) in [5.74, 6) is 0. The van der Waals surface area contributed by atoms with E-state index >= 15 is 0 Å². The lowest BCUT2D eigenvalue weighted by Gasteiger charge is -2.12. The molecule has 0 aliphatic carbocycles. The first-order valence-electron chi connectivity index (χ1n) is 6.45. The molecule has 1 heterocycles. The van der Waals surface area contributed by atoms with Gasteiger partial charge in [0.1, 0.15) is 0 Å². The maximum atomic E-state index is 6.17. The Balaban J connectivity index is 1.89. The van der Waals surface area contributed by atoms with Gasteiger partial charge in [-0.15, -0.1) is 0 Å². The third kappa shape index (κ3) is 2.87. The number of pyridine rings is 1. The minimum atomic E-state index is 0.243. The van der Waals surface area contributed by atoms with Crippen molar-refractivity contribution in [2.45, 2.75) is 11.2 Å². The Morgan fingerprint density at radius 3 is 2.65 bits per heavy atom. The molecule has 1 nitrogen and oxygen atoms in total. The molecule has 100 valence electrons. The van der Waals surface area contributed by atoms with Gasteiger partial charge in [0, 0.05) is 17.2 Å². The van der Waals surface area contributed by atoms with E-state index in [1.54, 1.807) is 12.4 Å². The van der Waals surface area contributed by atoms with Crippen LogP contribution in [-0.4, -0.2) is 4.98 Å². The summed E-state index contributed by atoms with van der Waals surface area (Å²) in [5, 5.41) is 3.24. The zero-order valence-corrected chi connectivity index (χ0v) is 13.1. The van der Waals surface area contributed by atoms with Gasteiger partial charge < -0.3 is 0 Å². The second-order valence-corrected chi connectivity index (χ2v) is 6.26. The average Bonchev–Trinajstić information content (AvgIpc) is 2.49. The molecule has 0 aliphatic rings. The molecule has 0 radical (unpaired) electrons. The molecule has 0 saturated heterocycles. The van der Waals surface area contributed by atoms with E-state index in [0.717, 1.165) is 17.0 Å². The van der Waals surface area contributed by atoms with Crippen molar-refractivity contribution in [3.8, 4) is 0 Å². The van der Waals surface area contributed by atoms with E-state index in [0.29, 0.717) is 0 Å². The summed E-state index contributed by atoms with van der Waals surface area (Å²) >= 11 is 9.93. The number of benzene rings is 2. The van der Waals surface area contributed by atoms with E-state index in [1.165, 1.54) is 16.3 Å². The van der Waals surface area contributed by atoms with Crippen molar-refractivity contribution in [2.75, 3.05) is 0 Å². The summed E-state index contributed by atoms with van der Waals surface area (Å²) in [6.07, 6.45) is 4.32. The van der Waals surface area contributed by atoms with E-state index < -0.39 is 0 Å². The van der Waals surface area contributed by atoms with Crippen molar-refractivity contribution in [1.29, 1.82) is 0 Å². The molecule has 20 heavy (non-hydrogen) atoms. The van der Waals surface area contributed by atoms with Crippen molar-refractivity contribution in [3.63, 3.8) is 0 Å². The number of halogens is 2. The highest BCUT2D eigenvalue weighted by Gasteiger charge is 2.11. The molecule has 3 aromatic rings. The summed E-state index contributed by atoms with van der Waals surface area (Å²) in [4.78, 5) is 4.26. The third-order valence-corrected chi connectivity index (χ3v) is 4.58. The highest BCUT2D eigenvalue weighted by atomic mass is 79.9. The minimum absolute atomic E-state index is 0.243. The van der Waals surface area contributed by atoms with Crippen LogP contribution in [0.1, 0.15) is 16.0 Å². The maximum absolute atomic E-state index is 6.17. The summed E-state index contributed by atoms with van der Waals surface area (Å²) < 4.78 is 0. The van der Waals surface area contributed by atoms with Gasteiger partial charge in [0.25, 0.3) is 0 Å². The SMILES string of the molecule is Clc1cnccc1CC(Br)c1ccc2ccccc2c1. The second kappa shape index (κ2) is 5.94. The van der Waals surface area contributed by atoms with Crippen molar-refractivity contribution < 1.29 is 0 Å². The van der Waals surface area contributed by atoms with E-state index in [9.17, 15) is 0 Å². The first kappa shape index (κ1) is 13.6. The molecule has 0 N–H and O–H groups in total. The Bertz CT molecular complexity index is 742. The Morgan fingerprint density at radius 2 is 1.85 bits per heavy atom. The van der Waals surface area contributed by atoms with Crippen LogP contribution in [0.25, 0.3) is 10.8 Å². The topological polar surface area (TPSA) is 12.9 Å². The van der Waals surface area contributed by atoms with E-state index in [4.69, 9.17) is 11.6 Å². The third-order valence-electron chi connectivity index (χ3n) is 3.39. The van der Waals surface area contributed by atoms with Gasteiger partial charge in [-0.25, -0.2) is 0 Å². The molecule has 1 aromatic heterocycles. The fourth-order valence-electron chi connectivity index (χ4n) is 2.28. The Hall–Kier alpha value is -1.38. The lowest BCUT2D eigenvalue weighted by Crippen LogP contribution is -1.96. The number of rotatable bonds is 3. The number of aromatic nitrogens is 1. The molecule has 0 amide bonds. The summed E-state index contributed by atoms with van der Waals surface area (Å²) in [6.45, 7) is 0. The van der Waals surface area contributed by atoms with Gasteiger partial charge in [0.2, 0.25) is 0 Å². The number of hydrogen-bond donors (Lipinski definition) is 0. The van der Waals surface area contributed by atoms with E-state index in [-0.39, 0.29) is 4.83 Å². The molecule has 0 spiro atoms. The van der Waals surface area contributed by atoms with Crippen LogP contribution >= 0.6 is 27.5 Å². The predicted octanol–water partition coefficient (Wildman–Crippen LogP) is 5.57. The van der Waals surface area contributed by atoms with Crippen molar-refractivity contribution in [3.05, 3.63) is 77.1 Å². The Kier molecular flexibility index (Phi) is 4.04. The second-order valence-electron chi connectivity index (χ2n) is 4.75. The van der Waals surface area contributed by atoms with Crippen molar-refractivity contribution in [1.82, 2.24) is 4.98 Å². The van der Waals surface area contributed by atoms with Gasteiger partial charge in [-0.3, -0.25) is 4.98 Å². The predicted molar refractivity (Wildman–Crippen MR) is 88.6 cm³/mol. The van der Waals surface area contributed by atoms with Crippen LogP contribution < -0.4 is 0 Å². The first-order valence-corrected chi connectivity index (χ1v) is 7.74. The summed E-state index contributed by atoms with van der Waals surface area (Å²) in [5.41, 5.74) is 2.37. The minimum Gasteiger partial charge on any atom is -0.263 e. The molecular weight excluding hydrogens is 334 g/mol. The number of fused-ring (bicyclic) bond motifs is 1. The molecule has 0 saturated carbocycles. The lowest BCUT2D eigenvalue weighted by molar-refractivity contribution is 0.947. The maximum Gasteiger partial charge on any atom is 0.0621 e. The van der Waals surface area contributed by atoms with Crippen molar-refractivity contribution >= 4 is 38.3 Å². The summed E-state index contributed by atoms with van der Waals surface area (Å²) in [7, 11) is 0. The molecule has 3 rings (SSSR count). The molecule has 3 heteroatoms. The van der Waals surface area contributed by atoms with Crippen LogP contribution in [0.15, 0.2) is 60.9 Å². The van der Waals surface area contributed by atoms with Gasteiger partial charge in [-0.1, -0.05) is 70.0 Å². The van der Waals surface area contributed by atoms with Gasteiger partial charge in [-0.2, -0.15) is 0 Å². The monoisotopic (exact) mass is 345 g/mol. The smallest absolute Gasteiger partial charge is 0.0621 e. The van der Waals surface area contributed by atoms with Gasteiger partial charge >= 0.3 is 0 Å². The quantitative estimate of drug-likeness (QED) is 0.565. The van der Waals surface area contributed by atoms with Crippen LogP contribution in [0, 0.1) is 0 Å². The highest BCUT2D eigenvalue weighted by molar-refractivity contribution is 9.09. The number of alkyl halides is 1. The molecule has 0 fully saturated rings. The largest absolute Gasteiger partial charge is 0.263 e. The van der Waals surface area contributed by atoms with Gasteiger partial charge in [0.05, 0.1) is 5.02 Å². The molecule has 2 aromatic carbocycles. The fourth-order valence-corrected chi connectivity index (χ4v) is 3.11. The Morgan fingerprint density at radius 1 is 1.05 bits per heavy atom. The van der Waals surface area contributed by atoms with E-state index in [2.05, 4.69) is 63.4 Å². The molecule has 0 bridgehead atoms. The molecule has 1 unspecified atom stereocenters. The molecule has 0 aliphatic heterocycles. The van der Waals surface area contributed by atoms with Gasteiger partial charge in [-0.05, 0) is 34.4 Å². The zero-order valence-electron chi connectivity index (χ0n) is 10.8. The van der Waals surface area contributed by atoms with Crippen LogP contribution in [0.4, 0.5) is 0 Å². The Labute approximate surface area is 131 Å². The average molecular weight is 347 g/mol. The fraction of sp³-hybridized carbons (Fsp3) is 0.118. The van der Waals surface area contributed by atoms with Crippen LogP contribution in [0.3, 0.4) is 0 Å². The first-order chi connectivity index (χ1) is 9.74. The lowest BCUT2D eigenvalue weighted by atomic mass is 10.0. The van der Waals surface area contributed by atoms with Crippen LogP contribution in [0.5, 0.6) is 0 Å². The van der Waals surface area contributed by atoms with Crippen LogP contribution in [0.2, 0.25) is 5.02 Å². The highest BCUT2D eigenvalue weighted by Crippen LogP contribution is 2.31. The standard InChI is InChI=1S/C17H13BrClN/c18-16(10-15-7-8-20-11-17(15)19)14-6-5-12-3-1-2-4-13(12)9-14/h1-9,11,16H,10H2. The van der Waals surface area contributed by atoms with Crippen LogP contribution in [-0.2, 0) is 6.42 Å². The molecule has 1 atom stereocenters.